The van der Waals surface area contributed by atoms with E-state index in [1.807, 2.05) is 6.08 Å². The van der Waals surface area contributed by atoms with E-state index >= 15 is 0 Å². The largest absolute Gasteiger partial charge is 0.481 e. The van der Waals surface area contributed by atoms with Crippen molar-refractivity contribution < 1.29 is 80.5 Å². The number of nitrogens with two attached hydrogens (primary N) is 1. The molecule has 0 radical (unpaired) electrons. The van der Waals surface area contributed by atoms with Gasteiger partial charge in [-0.05, 0) is 18.9 Å². The summed E-state index contributed by atoms with van der Waals surface area (Å²) in [5.74, 6) is -1.09. The van der Waals surface area contributed by atoms with E-state index in [9.17, 15) is 57.9 Å². The highest BCUT2D eigenvalue weighted by Gasteiger charge is 2.50. The first-order valence-electron chi connectivity index (χ1n) is 22.3. The fourth-order valence-electron chi connectivity index (χ4n) is 6.79. The van der Waals surface area contributed by atoms with Crippen molar-refractivity contribution in [3.63, 3.8) is 0 Å². The summed E-state index contributed by atoms with van der Waals surface area (Å²) in [4.78, 5) is 88.2. The number of aliphatic hydroxyl groups excluding tert-OH is 2. The number of phosphoric ester groups is 3. The molecular weight excluding hydrogens is 963 g/mol. The number of rotatable bonds is 34. The van der Waals surface area contributed by atoms with E-state index < -0.39 is 84.6 Å². The smallest absolute Gasteiger partial charge is 0.386 e. The zero-order valence-electron chi connectivity index (χ0n) is 38.1. The van der Waals surface area contributed by atoms with Crippen LogP contribution in [-0.2, 0) is 50.7 Å². The van der Waals surface area contributed by atoms with Gasteiger partial charge in [-0.15, -0.1) is 0 Å². The number of aliphatic hydroxyl groups is 2. The third kappa shape index (κ3) is 21.9. The molecule has 28 heteroatoms. The molecule has 7 unspecified atom stereocenters. The molecule has 382 valence electrons. The predicted octanol–water partition coefficient (Wildman–Crippen LogP) is 4.70. The first-order chi connectivity index (χ1) is 31.6. The highest BCUT2D eigenvalue weighted by atomic mass is 32.2. The maximum absolute atomic E-state index is 12.7. The number of hydrogen-bond donors (Lipinski definition) is 9. The molecule has 2 amide bonds. The second kappa shape index (κ2) is 28.8. The number of allylic oxidation sites excluding steroid dienone is 1. The normalized spacial score (nSPS) is 20.2. The fourth-order valence-corrected chi connectivity index (χ4v) is 10.2. The number of carbonyl (C=O) groups is 3. The number of amides is 2. The fraction of sp³-hybridized carbons (Fsp3) is 0.744. The molecule has 67 heavy (non-hydrogen) atoms. The molecule has 2 aromatic rings. The van der Waals surface area contributed by atoms with Gasteiger partial charge in [0.1, 0.15) is 36.3 Å². The number of aromatic nitrogens is 4. The average molecular weight is 1030 g/mol. The van der Waals surface area contributed by atoms with Crippen molar-refractivity contribution in [2.24, 2.45) is 5.41 Å². The van der Waals surface area contributed by atoms with Gasteiger partial charge in [0.05, 0.1) is 19.5 Å². The van der Waals surface area contributed by atoms with Gasteiger partial charge in [-0.3, -0.25) is 32.5 Å². The lowest BCUT2D eigenvalue weighted by Crippen LogP contribution is -2.46. The van der Waals surface area contributed by atoms with Crippen molar-refractivity contribution in [2.75, 3.05) is 37.8 Å². The van der Waals surface area contributed by atoms with Crippen LogP contribution in [0.3, 0.4) is 0 Å². The SMILES string of the molecule is CCCCCCCCCCCCCCCC=CC(=O)SCCNC(=O)CCNC(=O)C(O)C(C)(C)COP(=O)(O)OP(=O)(O)OCC1OC(n2cnc3c(N)ncnc32)C(O)C1OP(=O)(O)O. The minimum atomic E-state index is -5.58. The van der Waals surface area contributed by atoms with Crippen LogP contribution in [0.15, 0.2) is 24.8 Å². The number of nitrogens with zero attached hydrogens (tertiary/aromatic N) is 4. The molecule has 2 aromatic heterocycles. The molecule has 1 aliphatic rings. The number of hydrogen-bond acceptors (Lipinski definition) is 18. The Hall–Kier alpha value is -2.70. The summed E-state index contributed by atoms with van der Waals surface area (Å²) in [7, 11) is -16.4. The lowest BCUT2D eigenvalue weighted by atomic mass is 9.87. The number of ether oxygens (including phenoxy) is 1. The molecule has 3 heterocycles. The number of nitrogen functional groups attached to an aromatic ring is 1. The van der Waals surface area contributed by atoms with Crippen LogP contribution in [0.4, 0.5) is 5.82 Å². The van der Waals surface area contributed by atoms with Crippen LogP contribution in [0.1, 0.15) is 123 Å². The van der Waals surface area contributed by atoms with E-state index in [1.54, 1.807) is 6.08 Å². The van der Waals surface area contributed by atoms with Crippen molar-refractivity contribution in [1.82, 2.24) is 30.2 Å². The number of unbranched alkanes of at least 4 members (excludes halogenated alkanes) is 13. The minimum absolute atomic E-state index is 0.0325. The average Bonchev–Trinajstić information content (AvgIpc) is 3.81. The monoisotopic (exact) mass is 1030 g/mol. The molecule has 1 saturated heterocycles. The van der Waals surface area contributed by atoms with Gasteiger partial charge in [0.2, 0.25) is 16.9 Å². The zero-order chi connectivity index (χ0) is 49.7. The lowest BCUT2D eigenvalue weighted by Gasteiger charge is -2.30. The van der Waals surface area contributed by atoms with Crippen molar-refractivity contribution in [3.8, 4) is 0 Å². The lowest BCUT2D eigenvalue weighted by molar-refractivity contribution is -0.137. The maximum Gasteiger partial charge on any atom is 0.481 e. The maximum atomic E-state index is 12.7. The summed E-state index contributed by atoms with van der Waals surface area (Å²) in [6, 6.07) is 0. The Balaban J connectivity index is 1.31. The molecule has 0 aromatic carbocycles. The van der Waals surface area contributed by atoms with Gasteiger partial charge in [-0.25, -0.2) is 28.6 Å². The topological polar surface area (TPSA) is 364 Å². The van der Waals surface area contributed by atoms with Gasteiger partial charge in [-0.1, -0.05) is 116 Å². The molecular formula is C39H68N7O17P3S. The highest BCUT2D eigenvalue weighted by molar-refractivity contribution is 8.14. The molecule has 10 N–H and O–H groups in total. The Kier molecular flexibility index (Phi) is 25.2. The Morgan fingerprint density at radius 3 is 2.15 bits per heavy atom. The molecule has 3 rings (SSSR count). The number of fused-ring (bicyclic) bond motifs is 1. The van der Waals surface area contributed by atoms with E-state index in [0.29, 0.717) is 5.75 Å². The van der Waals surface area contributed by atoms with Gasteiger partial charge in [0, 0.05) is 30.7 Å². The van der Waals surface area contributed by atoms with Crippen LogP contribution in [-0.4, -0.2) is 123 Å². The van der Waals surface area contributed by atoms with Crippen molar-refractivity contribution in [2.45, 2.75) is 148 Å². The number of anilines is 1. The number of nitrogens with one attached hydrogen (secondary N) is 2. The Labute approximate surface area is 394 Å². The van der Waals surface area contributed by atoms with Gasteiger partial charge in [0.25, 0.3) is 0 Å². The van der Waals surface area contributed by atoms with Crippen LogP contribution < -0.4 is 16.4 Å². The summed E-state index contributed by atoms with van der Waals surface area (Å²) in [5.41, 5.74) is 4.28. The first-order valence-corrected chi connectivity index (χ1v) is 27.8. The Morgan fingerprint density at radius 1 is 0.910 bits per heavy atom. The van der Waals surface area contributed by atoms with Crippen molar-refractivity contribution in [3.05, 3.63) is 24.8 Å². The highest BCUT2D eigenvalue weighted by Crippen LogP contribution is 2.61. The molecule has 1 aliphatic heterocycles. The molecule has 0 spiro atoms. The summed E-state index contributed by atoms with van der Waals surface area (Å²) in [6.07, 6.45) is 14.0. The summed E-state index contributed by atoms with van der Waals surface area (Å²) >= 11 is 1.07. The second-order valence-corrected chi connectivity index (χ2v) is 22.0. The number of imidazole rings is 1. The van der Waals surface area contributed by atoms with Crippen molar-refractivity contribution >= 4 is 69.1 Å². The minimum Gasteiger partial charge on any atom is -0.386 e. The molecule has 1 fully saturated rings. The van der Waals surface area contributed by atoms with E-state index in [4.69, 9.17) is 19.5 Å². The predicted molar refractivity (Wildman–Crippen MR) is 247 cm³/mol. The van der Waals surface area contributed by atoms with Crippen LogP contribution >= 0.6 is 35.2 Å². The summed E-state index contributed by atoms with van der Waals surface area (Å²) in [5, 5.41) is 26.5. The van der Waals surface area contributed by atoms with Crippen LogP contribution in [0, 0.1) is 5.41 Å². The van der Waals surface area contributed by atoms with Crippen molar-refractivity contribution in [1.29, 1.82) is 0 Å². The third-order valence-electron chi connectivity index (χ3n) is 10.5. The third-order valence-corrected chi connectivity index (χ3v) is 14.4. The van der Waals surface area contributed by atoms with Crippen LogP contribution in [0.5, 0.6) is 0 Å². The van der Waals surface area contributed by atoms with E-state index in [2.05, 4.69) is 41.3 Å². The second-order valence-electron chi connectivity index (χ2n) is 16.7. The van der Waals surface area contributed by atoms with Gasteiger partial charge < -0.3 is 50.9 Å². The zero-order valence-corrected chi connectivity index (χ0v) is 41.6. The van der Waals surface area contributed by atoms with E-state index in [1.165, 1.54) is 84.5 Å². The van der Waals surface area contributed by atoms with Gasteiger partial charge >= 0.3 is 23.5 Å². The number of carbonyl (C=O) groups excluding carboxylic acids is 3. The summed E-state index contributed by atoms with van der Waals surface area (Å²) < 4.78 is 62.4. The molecule has 0 bridgehead atoms. The Bertz CT molecular complexity index is 2040. The van der Waals surface area contributed by atoms with Gasteiger partial charge in [0.15, 0.2) is 17.7 Å². The first kappa shape index (κ1) is 58.6. The van der Waals surface area contributed by atoms with Crippen LogP contribution in [0.2, 0.25) is 0 Å². The Morgan fingerprint density at radius 2 is 1.52 bits per heavy atom. The number of phosphoric acid groups is 3. The van der Waals surface area contributed by atoms with Crippen LogP contribution in [0.25, 0.3) is 11.2 Å². The quantitative estimate of drug-likeness (QED) is 0.0260. The molecule has 24 nitrogen and oxygen atoms in total. The standard InChI is InChI=1S/C39H68N7O17P3S/c1-4-5-6-7-8-9-10-11-12-13-14-15-16-17-18-19-30(48)67-23-22-41-29(47)20-21-42-37(51)34(50)39(2,3)25-60-66(57,58)63-65(55,56)59-24-28-33(62-64(52,53)54)32(49)38(61-28)46-27-45-31-35(40)43-26-44-36(31)46/h18-19,26-28,32-34,38,49-50H,4-17,20-25H2,1-3H3,(H,41,47)(H,42,51)(H,55,56)(H,57,58)(H2,40,43,44)(H2,52,53,54). The van der Waals surface area contributed by atoms with E-state index in [0.717, 1.165) is 48.2 Å². The number of thioether (sulfide) groups is 1. The summed E-state index contributed by atoms with van der Waals surface area (Å²) in [6.45, 7) is 2.76. The molecule has 0 aliphatic carbocycles. The molecule has 7 atom stereocenters. The van der Waals surface area contributed by atoms with Gasteiger partial charge in [-0.2, -0.15) is 4.31 Å². The van der Waals surface area contributed by atoms with E-state index in [-0.39, 0.29) is 41.6 Å². The molecule has 0 saturated carbocycles.